The normalized spacial score (nSPS) is 15.2. The topological polar surface area (TPSA) is 35.6 Å². The molecule has 0 radical (unpaired) electrons. The Labute approximate surface area is 158 Å². The standard InChI is InChI=1S/C19H21Cl2N3O/c1-2-23-9-11-24(12-10-23)18-6-4-3-5-17(18)22-19(25)14-7-8-15(20)16(21)13-14/h3-8,13H,2,9-12H2,1H3,(H,22,25). The van der Waals surface area contributed by atoms with Gasteiger partial charge in [0.25, 0.3) is 5.91 Å². The second kappa shape index (κ2) is 8.09. The van der Waals surface area contributed by atoms with E-state index in [1.165, 1.54) is 0 Å². The number of halogens is 2. The number of nitrogens with zero attached hydrogens (tertiary/aromatic N) is 2. The van der Waals surface area contributed by atoms with E-state index in [9.17, 15) is 4.79 Å². The van der Waals surface area contributed by atoms with Crippen molar-refractivity contribution in [1.82, 2.24) is 4.90 Å². The maximum atomic E-state index is 12.6. The molecule has 6 heteroatoms. The summed E-state index contributed by atoms with van der Waals surface area (Å²) in [6.45, 7) is 7.22. The second-order valence-electron chi connectivity index (χ2n) is 6.02. The molecule has 1 N–H and O–H groups in total. The fourth-order valence-corrected chi connectivity index (χ4v) is 3.29. The van der Waals surface area contributed by atoms with Crippen LogP contribution in [0.3, 0.4) is 0 Å². The zero-order valence-electron chi connectivity index (χ0n) is 14.1. The first kappa shape index (κ1) is 18.1. The molecule has 1 amide bonds. The number of hydrogen-bond donors (Lipinski definition) is 1. The molecule has 3 rings (SSSR count). The summed E-state index contributed by atoms with van der Waals surface area (Å²) >= 11 is 11.9. The molecule has 1 aliphatic rings. The van der Waals surface area contributed by atoms with Gasteiger partial charge < -0.3 is 15.1 Å². The van der Waals surface area contributed by atoms with Crippen molar-refractivity contribution in [3.63, 3.8) is 0 Å². The lowest BCUT2D eigenvalue weighted by atomic mass is 10.1. The second-order valence-corrected chi connectivity index (χ2v) is 6.84. The van der Waals surface area contributed by atoms with Gasteiger partial charge in [0.1, 0.15) is 0 Å². The summed E-state index contributed by atoms with van der Waals surface area (Å²) < 4.78 is 0. The van der Waals surface area contributed by atoms with Crippen molar-refractivity contribution in [1.29, 1.82) is 0 Å². The summed E-state index contributed by atoms with van der Waals surface area (Å²) in [5.74, 6) is -0.196. The number of carbonyl (C=O) groups is 1. The maximum absolute atomic E-state index is 12.6. The Kier molecular flexibility index (Phi) is 5.84. The van der Waals surface area contributed by atoms with Gasteiger partial charge in [-0.15, -0.1) is 0 Å². The van der Waals surface area contributed by atoms with Crippen molar-refractivity contribution in [3.8, 4) is 0 Å². The highest BCUT2D eigenvalue weighted by molar-refractivity contribution is 6.42. The van der Waals surface area contributed by atoms with E-state index in [1.807, 2.05) is 24.3 Å². The van der Waals surface area contributed by atoms with Gasteiger partial charge in [0.2, 0.25) is 0 Å². The van der Waals surface area contributed by atoms with Gasteiger partial charge in [0.05, 0.1) is 21.4 Å². The van der Waals surface area contributed by atoms with E-state index in [2.05, 4.69) is 22.0 Å². The molecule has 132 valence electrons. The molecule has 1 fully saturated rings. The Bertz CT molecular complexity index is 758. The summed E-state index contributed by atoms with van der Waals surface area (Å²) in [5, 5.41) is 3.81. The first-order valence-corrected chi connectivity index (χ1v) is 9.17. The Morgan fingerprint density at radius 2 is 1.76 bits per heavy atom. The molecular weight excluding hydrogens is 357 g/mol. The lowest BCUT2D eigenvalue weighted by Gasteiger charge is -2.36. The van der Waals surface area contributed by atoms with Crippen LogP contribution in [0, 0.1) is 0 Å². The first-order valence-electron chi connectivity index (χ1n) is 8.41. The molecular formula is C19H21Cl2N3O. The first-order chi connectivity index (χ1) is 12.1. The Morgan fingerprint density at radius 3 is 2.44 bits per heavy atom. The van der Waals surface area contributed by atoms with Crippen molar-refractivity contribution in [3.05, 3.63) is 58.1 Å². The Hall–Kier alpha value is -1.75. The number of rotatable bonds is 4. The van der Waals surface area contributed by atoms with Gasteiger partial charge in [0.15, 0.2) is 0 Å². The van der Waals surface area contributed by atoms with Crippen LogP contribution < -0.4 is 10.2 Å². The largest absolute Gasteiger partial charge is 0.367 e. The fraction of sp³-hybridized carbons (Fsp3) is 0.316. The van der Waals surface area contributed by atoms with Crippen LogP contribution >= 0.6 is 23.2 Å². The van der Waals surface area contributed by atoms with Crippen molar-refractivity contribution < 1.29 is 4.79 Å². The summed E-state index contributed by atoms with van der Waals surface area (Å²) in [7, 11) is 0. The molecule has 0 unspecified atom stereocenters. The minimum Gasteiger partial charge on any atom is -0.367 e. The van der Waals surface area contributed by atoms with E-state index in [1.54, 1.807) is 18.2 Å². The lowest BCUT2D eigenvalue weighted by Crippen LogP contribution is -2.46. The third kappa shape index (κ3) is 4.27. The number of nitrogens with one attached hydrogen (secondary N) is 1. The molecule has 0 spiro atoms. The van der Waals surface area contributed by atoms with Crippen LogP contribution in [-0.2, 0) is 0 Å². The molecule has 2 aromatic rings. The average Bonchev–Trinajstić information content (AvgIpc) is 2.64. The fourth-order valence-electron chi connectivity index (χ4n) is 2.99. The zero-order chi connectivity index (χ0) is 17.8. The van der Waals surface area contributed by atoms with Crippen molar-refractivity contribution in [2.75, 3.05) is 42.9 Å². The van der Waals surface area contributed by atoms with Crippen LogP contribution in [0.2, 0.25) is 10.0 Å². The minimum absolute atomic E-state index is 0.196. The molecule has 25 heavy (non-hydrogen) atoms. The van der Waals surface area contributed by atoms with E-state index in [0.717, 1.165) is 44.1 Å². The monoisotopic (exact) mass is 377 g/mol. The Morgan fingerprint density at radius 1 is 1.04 bits per heavy atom. The Balaban J connectivity index is 1.77. The van der Waals surface area contributed by atoms with Crippen LogP contribution in [0.4, 0.5) is 11.4 Å². The van der Waals surface area contributed by atoms with Crippen LogP contribution in [0.25, 0.3) is 0 Å². The number of hydrogen-bond acceptors (Lipinski definition) is 3. The predicted molar refractivity (Wildman–Crippen MR) is 105 cm³/mol. The minimum atomic E-state index is -0.196. The highest BCUT2D eigenvalue weighted by Gasteiger charge is 2.19. The summed E-state index contributed by atoms with van der Waals surface area (Å²) in [6, 6.07) is 12.8. The molecule has 4 nitrogen and oxygen atoms in total. The molecule has 0 atom stereocenters. The summed E-state index contributed by atoms with van der Waals surface area (Å²) in [6.07, 6.45) is 0. The highest BCUT2D eigenvalue weighted by atomic mass is 35.5. The molecule has 2 aromatic carbocycles. The molecule has 0 aromatic heterocycles. The van der Waals surface area contributed by atoms with Crippen molar-refractivity contribution >= 4 is 40.5 Å². The number of benzene rings is 2. The van der Waals surface area contributed by atoms with Crippen LogP contribution in [0.5, 0.6) is 0 Å². The van der Waals surface area contributed by atoms with Gasteiger partial charge in [-0.3, -0.25) is 4.79 Å². The summed E-state index contributed by atoms with van der Waals surface area (Å²) in [5.41, 5.74) is 2.34. The van der Waals surface area contributed by atoms with Crippen molar-refractivity contribution in [2.24, 2.45) is 0 Å². The van der Waals surface area contributed by atoms with E-state index in [4.69, 9.17) is 23.2 Å². The molecule has 1 aliphatic heterocycles. The smallest absolute Gasteiger partial charge is 0.255 e. The van der Waals surface area contributed by atoms with E-state index >= 15 is 0 Å². The molecule has 0 bridgehead atoms. The van der Waals surface area contributed by atoms with Gasteiger partial charge in [-0.2, -0.15) is 0 Å². The van der Waals surface area contributed by atoms with Crippen LogP contribution in [0.1, 0.15) is 17.3 Å². The maximum Gasteiger partial charge on any atom is 0.255 e. The molecule has 0 saturated carbocycles. The van der Waals surface area contributed by atoms with E-state index in [0.29, 0.717) is 15.6 Å². The lowest BCUT2D eigenvalue weighted by molar-refractivity contribution is 0.102. The predicted octanol–water partition coefficient (Wildman–Crippen LogP) is 4.39. The number of piperazine rings is 1. The third-order valence-electron chi connectivity index (χ3n) is 4.49. The molecule has 0 aliphatic carbocycles. The average molecular weight is 378 g/mol. The number of likely N-dealkylation sites (N-methyl/N-ethyl adjacent to an activating group) is 1. The number of anilines is 2. The third-order valence-corrected chi connectivity index (χ3v) is 5.23. The number of carbonyl (C=O) groups excluding carboxylic acids is 1. The van der Waals surface area contributed by atoms with Gasteiger partial charge in [-0.25, -0.2) is 0 Å². The van der Waals surface area contributed by atoms with Gasteiger partial charge >= 0.3 is 0 Å². The molecule has 1 saturated heterocycles. The summed E-state index contributed by atoms with van der Waals surface area (Å²) in [4.78, 5) is 17.3. The molecule has 1 heterocycles. The number of para-hydroxylation sites is 2. The van der Waals surface area contributed by atoms with Gasteiger partial charge in [-0.05, 0) is 36.9 Å². The van der Waals surface area contributed by atoms with Crippen molar-refractivity contribution in [2.45, 2.75) is 6.92 Å². The quantitative estimate of drug-likeness (QED) is 0.857. The van der Waals surface area contributed by atoms with Crippen LogP contribution in [0.15, 0.2) is 42.5 Å². The van der Waals surface area contributed by atoms with Crippen LogP contribution in [-0.4, -0.2) is 43.5 Å². The zero-order valence-corrected chi connectivity index (χ0v) is 15.6. The van der Waals surface area contributed by atoms with E-state index in [-0.39, 0.29) is 5.91 Å². The highest BCUT2D eigenvalue weighted by Crippen LogP contribution is 2.28. The SMILES string of the molecule is CCN1CCN(c2ccccc2NC(=O)c2ccc(Cl)c(Cl)c2)CC1. The van der Waals surface area contributed by atoms with Gasteiger partial charge in [-0.1, -0.05) is 42.3 Å². The number of amides is 1. The van der Waals surface area contributed by atoms with Gasteiger partial charge in [0, 0.05) is 31.7 Å². The van der Waals surface area contributed by atoms with E-state index < -0.39 is 0 Å².